The van der Waals surface area contributed by atoms with Crippen LogP contribution < -0.4 is 4.72 Å². The van der Waals surface area contributed by atoms with Crippen molar-refractivity contribution in [3.05, 3.63) is 35.4 Å². The fourth-order valence-corrected chi connectivity index (χ4v) is 4.23. The molecule has 0 amide bonds. The summed E-state index contributed by atoms with van der Waals surface area (Å²) in [6, 6.07) is 5.77. The maximum atomic E-state index is 12.3. The maximum Gasteiger partial charge on any atom is 0.335 e. The minimum Gasteiger partial charge on any atom is -0.478 e. The molecule has 0 saturated heterocycles. The summed E-state index contributed by atoms with van der Waals surface area (Å²) in [5, 5.41) is 8.95. The van der Waals surface area contributed by atoms with Gasteiger partial charge in [-0.15, -0.1) is 0 Å². The Labute approximate surface area is 130 Å². The number of ether oxygens (including phenoxy) is 1. The van der Waals surface area contributed by atoms with Gasteiger partial charge in [-0.3, -0.25) is 0 Å². The third kappa shape index (κ3) is 4.53. The van der Waals surface area contributed by atoms with Crippen LogP contribution in [-0.2, 0) is 20.5 Å². The molecule has 1 fully saturated rings. The van der Waals surface area contributed by atoms with Gasteiger partial charge in [0.25, 0.3) is 0 Å². The first-order valence-electron chi connectivity index (χ1n) is 7.26. The average molecular weight is 327 g/mol. The van der Waals surface area contributed by atoms with Gasteiger partial charge < -0.3 is 9.84 Å². The summed E-state index contributed by atoms with van der Waals surface area (Å²) in [5.41, 5.74) is 0.539. The lowest BCUT2D eigenvalue weighted by Crippen LogP contribution is -2.46. The van der Waals surface area contributed by atoms with Crippen LogP contribution in [0.15, 0.2) is 24.3 Å². The minimum absolute atomic E-state index is 0.0835. The van der Waals surface area contributed by atoms with E-state index in [0.29, 0.717) is 5.56 Å². The highest BCUT2D eigenvalue weighted by atomic mass is 32.2. The van der Waals surface area contributed by atoms with Crippen molar-refractivity contribution < 1.29 is 23.1 Å². The summed E-state index contributed by atoms with van der Waals surface area (Å²) in [6.07, 6.45) is 3.51. The Morgan fingerprint density at radius 3 is 2.77 bits per heavy atom. The molecular weight excluding hydrogens is 306 g/mol. The standard InChI is InChI=1S/C15H21NO5S/c1-21-14-8-3-2-7-13(14)16-22(19,20)10-11-5-4-6-12(9-11)15(17)18/h4-6,9,13-14,16H,2-3,7-8,10H2,1H3,(H,17,18)/t13-,14-/m0/s1. The van der Waals surface area contributed by atoms with Crippen molar-refractivity contribution in [1.29, 1.82) is 0 Å². The minimum atomic E-state index is -3.54. The zero-order chi connectivity index (χ0) is 16.2. The van der Waals surface area contributed by atoms with E-state index in [1.165, 1.54) is 12.1 Å². The number of rotatable bonds is 6. The highest BCUT2D eigenvalue weighted by Gasteiger charge is 2.28. The van der Waals surface area contributed by atoms with Crippen molar-refractivity contribution in [3.8, 4) is 0 Å². The highest BCUT2D eigenvalue weighted by molar-refractivity contribution is 7.88. The number of sulfonamides is 1. The van der Waals surface area contributed by atoms with E-state index in [9.17, 15) is 13.2 Å². The van der Waals surface area contributed by atoms with Gasteiger partial charge in [0.2, 0.25) is 10.0 Å². The normalized spacial score (nSPS) is 22.4. The van der Waals surface area contributed by atoms with Crippen LogP contribution in [0.5, 0.6) is 0 Å². The van der Waals surface area contributed by atoms with Crippen molar-refractivity contribution in [2.24, 2.45) is 0 Å². The van der Waals surface area contributed by atoms with E-state index in [0.717, 1.165) is 25.7 Å². The van der Waals surface area contributed by atoms with Crippen LogP contribution >= 0.6 is 0 Å². The number of benzene rings is 1. The lowest BCUT2D eigenvalue weighted by molar-refractivity contribution is 0.0493. The van der Waals surface area contributed by atoms with E-state index in [4.69, 9.17) is 9.84 Å². The number of methoxy groups -OCH3 is 1. The number of carboxylic acid groups (broad SMARTS) is 1. The van der Waals surface area contributed by atoms with Crippen LogP contribution in [0.4, 0.5) is 0 Å². The smallest absolute Gasteiger partial charge is 0.335 e. The first kappa shape index (κ1) is 16.9. The summed E-state index contributed by atoms with van der Waals surface area (Å²) in [5.74, 6) is -1.31. The van der Waals surface area contributed by atoms with Crippen molar-refractivity contribution in [3.63, 3.8) is 0 Å². The molecule has 0 aromatic heterocycles. The fourth-order valence-electron chi connectivity index (χ4n) is 2.80. The topological polar surface area (TPSA) is 92.7 Å². The quantitative estimate of drug-likeness (QED) is 0.830. The molecule has 2 rings (SSSR count). The van der Waals surface area contributed by atoms with Crippen molar-refractivity contribution in [2.75, 3.05) is 7.11 Å². The number of hydrogen-bond donors (Lipinski definition) is 2. The van der Waals surface area contributed by atoms with Gasteiger partial charge in [-0.1, -0.05) is 25.0 Å². The molecule has 0 spiro atoms. The van der Waals surface area contributed by atoms with Crippen LogP contribution in [0.2, 0.25) is 0 Å². The lowest BCUT2D eigenvalue weighted by atomic mass is 9.93. The van der Waals surface area contributed by atoms with Crippen LogP contribution in [0.1, 0.15) is 41.6 Å². The SMILES string of the molecule is CO[C@H]1CCCC[C@@H]1NS(=O)(=O)Cc1cccc(C(=O)O)c1. The summed E-state index contributed by atoms with van der Waals surface area (Å²) in [7, 11) is -1.95. The van der Waals surface area contributed by atoms with Gasteiger partial charge >= 0.3 is 5.97 Å². The molecule has 1 aliphatic carbocycles. The molecule has 1 aromatic carbocycles. The summed E-state index contributed by atoms with van der Waals surface area (Å²) >= 11 is 0. The van der Waals surface area contributed by atoms with Gasteiger partial charge in [0.15, 0.2) is 0 Å². The Morgan fingerprint density at radius 1 is 1.36 bits per heavy atom. The van der Waals surface area contributed by atoms with Gasteiger partial charge in [-0.25, -0.2) is 17.9 Å². The Bertz CT molecular complexity index is 629. The largest absolute Gasteiger partial charge is 0.478 e. The van der Waals surface area contributed by atoms with Crippen LogP contribution in [0, 0.1) is 0 Å². The Balaban J connectivity index is 2.07. The highest BCUT2D eigenvalue weighted by Crippen LogP contribution is 2.22. The first-order valence-corrected chi connectivity index (χ1v) is 8.91. The zero-order valence-corrected chi connectivity index (χ0v) is 13.3. The van der Waals surface area contributed by atoms with Gasteiger partial charge in [-0.05, 0) is 30.5 Å². The summed E-state index contributed by atoms with van der Waals surface area (Å²) in [4.78, 5) is 10.9. The van der Waals surface area contributed by atoms with E-state index >= 15 is 0 Å². The molecule has 2 N–H and O–H groups in total. The molecule has 1 saturated carbocycles. The summed E-state index contributed by atoms with van der Waals surface area (Å²) in [6.45, 7) is 0. The number of carboxylic acids is 1. The second kappa shape index (κ2) is 7.21. The fraction of sp³-hybridized carbons (Fsp3) is 0.533. The zero-order valence-electron chi connectivity index (χ0n) is 12.5. The van der Waals surface area contributed by atoms with Gasteiger partial charge in [0.05, 0.1) is 17.4 Å². The predicted octanol–water partition coefficient (Wildman–Crippen LogP) is 1.76. The molecule has 1 aromatic rings. The van der Waals surface area contributed by atoms with E-state index in [-0.39, 0.29) is 23.5 Å². The molecular formula is C15H21NO5S. The molecule has 6 nitrogen and oxygen atoms in total. The number of aromatic carboxylic acids is 1. The Morgan fingerprint density at radius 2 is 2.09 bits per heavy atom. The van der Waals surface area contributed by atoms with Gasteiger partial charge in [0.1, 0.15) is 0 Å². The maximum absolute atomic E-state index is 12.3. The van der Waals surface area contributed by atoms with Crippen LogP contribution in [0.3, 0.4) is 0 Å². The molecule has 0 heterocycles. The molecule has 0 unspecified atom stereocenters. The van der Waals surface area contributed by atoms with Gasteiger partial charge in [0, 0.05) is 13.2 Å². The van der Waals surface area contributed by atoms with Crippen molar-refractivity contribution in [1.82, 2.24) is 4.72 Å². The van der Waals surface area contributed by atoms with Crippen LogP contribution in [0.25, 0.3) is 0 Å². The molecule has 0 radical (unpaired) electrons. The second-order valence-electron chi connectivity index (χ2n) is 5.55. The molecule has 122 valence electrons. The molecule has 2 atom stereocenters. The third-order valence-corrected chi connectivity index (χ3v) is 5.24. The number of nitrogens with one attached hydrogen (secondary N) is 1. The molecule has 1 aliphatic rings. The number of carbonyl (C=O) groups is 1. The Kier molecular flexibility index (Phi) is 5.55. The first-order chi connectivity index (χ1) is 10.4. The third-order valence-electron chi connectivity index (χ3n) is 3.87. The van der Waals surface area contributed by atoms with E-state index in [1.807, 2.05) is 0 Å². The van der Waals surface area contributed by atoms with Crippen molar-refractivity contribution in [2.45, 2.75) is 43.6 Å². The second-order valence-corrected chi connectivity index (χ2v) is 7.30. The van der Waals surface area contributed by atoms with E-state index in [1.54, 1.807) is 19.2 Å². The summed E-state index contributed by atoms with van der Waals surface area (Å²) < 4.78 is 32.6. The Hall–Kier alpha value is -1.44. The molecule has 22 heavy (non-hydrogen) atoms. The molecule has 0 bridgehead atoms. The van der Waals surface area contributed by atoms with Gasteiger partial charge in [-0.2, -0.15) is 0 Å². The monoisotopic (exact) mass is 327 g/mol. The van der Waals surface area contributed by atoms with Crippen LogP contribution in [-0.4, -0.2) is 38.7 Å². The average Bonchev–Trinajstić information content (AvgIpc) is 2.47. The molecule has 7 heteroatoms. The predicted molar refractivity (Wildman–Crippen MR) is 82.2 cm³/mol. The lowest BCUT2D eigenvalue weighted by Gasteiger charge is -2.30. The molecule has 0 aliphatic heterocycles. The number of hydrogen-bond acceptors (Lipinski definition) is 4. The van der Waals surface area contributed by atoms with E-state index < -0.39 is 16.0 Å². The van der Waals surface area contributed by atoms with E-state index in [2.05, 4.69) is 4.72 Å². The van der Waals surface area contributed by atoms with Crippen molar-refractivity contribution >= 4 is 16.0 Å².